The van der Waals surface area contributed by atoms with Gasteiger partial charge in [0.25, 0.3) is 0 Å². The van der Waals surface area contributed by atoms with Crippen molar-refractivity contribution in [1.29, 1.82) is 5.26 Å². The van der Waals surface area contributed by atoms with E-state index in [9.17, 15) is 4.79 Å². The van der Waals surface area contributed by atoms with Crippen LogP contribution in [0.15, 0.2) is 22.7 Å². The first-order valence-corrected chi connectivity index (χ1v) is 7.71. The molecule has 20 heavy (non-hydrogen) atoms. The number of hydrogen-bond acceptors (Lipinski definition) is 3. The van der Waals surface area contributed by atoms with E-state index in [1.54, 1.807) is 12.1 Å². The Hall–Kier alpha value is -1.54. The van der Waals surface area contributed by atoms with Gasteiger partial charge in [0.15, 0.2) is 0 Å². The third-order valence-corrected chi connectivity index (χ3v) is 4.14. The number of carbonyl (C=O) groups is 1. The zero-order chi connectivity index (χ0) is 14.4. The Morgan fingerprint density at radius 1 is 1.30 bits per heavy atom. The van der Waals surface area contributed by atoms with Crippen molar-refractivity contribution in [2.75, 3.05) is 25.0 Å². The molecule has 1 heterocycles. The van der Waals surface area contributed by atoms with E-state index >= 15 is 0 Å². The zero-order valence-electron chi connectivity index (χ0n) is 11.4. The van der Waals surface area contributed by atoms with Gasteiger partial charge in [-0.25, -0.2) is 0 Å². The number of amides is 1. The summed E-state index contributed by atoms with van der Waals surface area (Å²) >= 11 is 3.41. The molecule has 1 fully saturated rings. The van der Waals surface area contributed by atoms with Crippen LogP contribution in [-0.2, 0) is 4.79 Å². The molecule has 1 saturated heterocycles. The van der Waals surface area contributed by atoms with Gasteiger partial charge < -0.3 is 10.2 Å². The highest BCUT2D eigenvalue weighted by molar-refractivity contribution is 9.10. The number of hydrogen-bond donors (Lipinski definition) is 1. The maximum Gasteiger partial charge on any atom is 0.241 e. The van der Waals surface area contributed by atoms with Gasteiger partial charge in [0.1, 0.15) is 0 Å². The van der Waals surface area contributed by atoms with Gasteiger partial charge in [-0.2, -0.15) is 5.26 Å². The molecule has 0 atom stereocenters. The summed E-state index contributed by atoms with van der Waals surface area (Å²) < 4.78 is 0.806. The molecule has 0 aliphatic carbocycles. The molecule has 1 aliphatic heterocycles. The molecule has 0 unspecified atom stereocenters. The van der Waals surface area contributed by atoms with E-state index in [-0.39, 0.29) is 5.91 Å². The molecule has 0 saturated carbocycles. The Morgan fingerprint density at radius 3 is 2.60 bits per heavy atom. The fourth-order valence-electron chi connectivity index (χ4n) is 2.33. The van der Waals surface area contributed by atoms with E-state index in [0.717, 1.165) is 36.1 Å². The lowest BCUT2D eigenvalue weighted by Crippen LogP contribution is -2.36. The number of halogens is 1. The van der Waals surface area contributed by atoms with Gasteiger partial charge in [-0.05, 0) is 47.0 Å². The van der Waals surface area contributed by atoms with Crippen molar-refractivity contribution in [1.82, 2.24) is 4.90 Å². The number of rotatable bonds is 3. The summed E-state index contributed by atoms with van der Waals surface area (Å²) in [6.45, 7) is 2.04. The number of nitriles is 1. The van der Waals surface area contributed by atoms with Crippen LogP contribution in [0.2, 0.25) is 0 Å². The molecule has 4 nitrogen and oxygen atoms in total. The third-order valence-electron chi connectivity index (χ3n) is 3.49. The van der Waals surface area contributed by atoms with Crippen LogP contribution in [0.3, 0.4) is 0 Å². The smallest absolute Gasteiger partial charge is 0.241 e. The molecule has 2 rings (SSSR count). The fourth-order valence-corrected chi connectivity index (χ4v) is 2.85. The van der Waals surface area contributed by atoms with Crippen LogP contribution in [0.5, 0.6) is 0 Å². The minimum absolute atomic E-state index is 0.142. The Kier molecular flexibility index (Phi) is 5.42. The molecular formula is C15H18BrN3O. The number of likely N-dealkylation sites (tertiary alicyclic amines) is 1. The molecule has 0 radical (unpaired) electrons. The molecule has 1 N–H and O–H groups in total. The summed E-state index contributed by atoms with van der Waals surface area (Å²) in [4.78, 5) is 14.1. The van der Waals surface area contributed by atoms with Gasteiger partial charge >= 0.3 is 0 Å². The van der Waals surface area contributed by atoms with Crippen molar-refractivity contribution < 1.29 is 4.79 Å². The van der Waals surface area contributed by atoms with E-state index in [4.69, 9.17) is 5.26 Å². The number of carbonyl (C=O) groups excluding carboxylic acids is 1. The molecule has 0 spiro atoms. The van der Waals surface area contributed by atoms with E-state index in [1.165, 1.54) is 12.8 Å². The fraction of sp³-hybridized carbons (Fsp3) is 0.467. The molecule has 1 aromatic rings. The minimum atomic E-state index is 0.142. The van der Waals surface area contributed by atoms with Gasteiger partial charge in [-0.15, -0.1) is 0 Å². The summed E-state index contributed by atoms with van der Waals surface area (Å²) in [6.07, 6.45) is 4.65. The Bertz CT molecular complexity index is 516. The SMILES string of the molecule is N#Cc1ccc(NCC(=O)N2CCCCCC2)c(Br)c1. The quantitative estimate of drug-likeness (QED) is 0.923. The van der Waals surface area contributed by atoms with Crippen molar-refractivity contribution in [3.8, 4) is 6.07 Å². The number of anilines is 1. The monoisotopic (exact) mass is 335 g/mol. The van der Waals surface area contributed by atoms with Crippen LogP contribution in [0.25, 0.3) is 0 Å². The first kappa shape index (κ1) is 14.9. The maximum atomic E-state index is 12.2. The largest absolute Gasteiger partial charge is 0.375 e. The predicted molar refractivity (Wildman–Crippen MR) is 82.4 cm³/mol. The van der Waals surface area contributed by atoms with Crippen molar-refractivity contribution in [3.05, 3.63) is 28.2 Å². The van der Waals surface area contributed by atoms with Gasteiger partial charge in [-0.3, -0.25) is 4.79 Å². The second-order valence-electron chi connectivity index (χ2n) is 4.95. The molecule has 1 aliphatic rings. The normalized spacial score (nSPS) is 15.3. The lowest BCUT2D eigenvalue weighted by Gasteiger charge is -2.21. The van der Waals surface area contributed by atoms with Crippen molar-refractivity contribution >= 4 is 27.5 Å². The van der Waals surface area contributed by atoms with Crippen LogP contribution in [0.4, 0.5) is 5.69 Å². The first-order valence-electron chi connectivity index (χ1n) is 6.92. The van der Waals surface area contributed by atoms with Gasteiger partial charge in [0.2, 0.25) is 5.91 Å². The minimum Gasteiger partial charge on any atom is -0.375 e. The Morgan fingerprint density at radius 2 is 2.00 bits per heavy atom. The van der Waals surface area contributed by atoms with Crippen LogP contribution in [-0.4, -0.2) is 30.4 Å². The summed E-state index contributed by atoms with van der Waals surface area (Å²) in [7, 11) is 0. The highest BCUT2D eigenvalue weighted by atomic mass is 79.9. The van der Waals surface area contributed by atoms with Crippen LogP contribution >= 0.6 is 15.9 Å². The summed E-state index contributed by atoms with van der Waals surface area (Å²) in [6, 6.07) is 7.39. The summed E-state index contributed by atoms with van der Waals surface area (Å²) in [5, 5.41) is 12.0. The molecule has 0 aromatic heterocycles. The van der Waals surface area contributed by atoms with Gasteiger partial charge in [0, 0.05) is 23.2 Å². The van der Waals surface area contributed by atoms with E-state index < -0.39 is 0 Å². The lowest BCUT2D eigenvalue weighted by atomic mass is 10.2. The van der Waals surface area contributed by atoms with Crippen molar-refractivity contribution in [2.45, 2.75) is 25.7 Å². The van der Waals surface area contributed by atoms with E-state index in [0.29, 0.717) is 12.1 Å². The van der Waals surface area contributed by atoms with Crippen LogP contribution in [0.1, 0.15) is 31.2 Å². The van der Waals surface area contributed by atoms with E-state index in [1.807, 2.05) is 11.0 Å². The van der Waals surface area contributed by atoms with Crippen LogP contribution in [0, 0.1) is 11.3 Å². The predicted octanol–water partition coefficient (Wildman–Crippen LogP) is 3.14. The lowest BCUT2D eigenvalue weighted by molar-refractivity contribution is -0.129. The average molecular weight is 336 g/mol. The Balaban J connectivity index is 1.91. The highest BCUT2D eigenvalue weighted by Crippen LogP contribution is 2.23. The van der Waals surface area contributed by atoms with Crippen LogP contribution < -0.4 is 5.32 Å². The molecule has 1 aromatic carbocycles. The molecule has 5 heteroatoms. The van der Waals surface area contributed by atoms with Crippen molar-refractivity contribution in [2.24, 2.45) is 0 Å². The Labute approximate surface area is 127 Å². The zero-order valence-corrected chi connectivity index (χ0v) is 12.9. The first-order chi connectivity index (χ1) is 9.70. The summed E-state index contributed by atoms with van der Waals surface area (Å²) in [5.41, 5.74) is 1.44. The third kappa shape index (κ3) is 3.97. The second kappa shape index (κ2) is 7.30. The second-order valence-corrected chi connectivity index (χ2v) is 5.81. The standard InChI is InChI=1S/C15H18BrN3O/c16-13-9-12(10-17)5-6-14(13)18-11-15(20)19-7-3-1-2-4-8-19/h5-6,9,18H,1-4,7-8,11H2. The number of nitrogens with zero attached hydrogens (tertiary/aromatic N) is 2. The van der Waals surface area contributed by atoms with E-state index in [2.05, 4.69) is 27.3 Å². The van der Waals surface area contributed by atoms with Gasteiger partial charge in [-0.1, -0.05) is 12.8 Å². The number of nitrogens with one attached hydrogen (secondary N) is 1. The summed E-state index contributed by atoms with van der Waals surface area (Å²) in [5.74, 6) is 0.142. The topological polar surface area (TPSA) is 56.1 Å². The van der Waals surface area contributed by atoms with Crippen molar-refractivity contribution in [3.63, 3.8) is 0 Å². The average Bonchev–Trinajstić information content (AvgIpc) is 2.74. The molecule has 0 bridgehead atoms. The number of benzene rings is 1. The maximum absolute atomic E-state index is 12.2. The molecular weight excluding hydrogens is 318 g/mol. The highest BCUT2D eigenvalue weighted by Gasteiger charge is 2.15. The van der Waals surface area contributed by atoms with Gasteiger partial charge in [0.05, 0.1) is 18.2 Å². The molecule has 1 amide bonds. The molecule has 106 valence electrons.